The quantitative estimate of drug-likeness (QED) is 0.583. The van der Waals surface area contributed by atoms with Gasteiger partial charge in [-0.3, -0.25) is 4.79 Å². The molecule has 5 heteroatoms. The molecule has 1 amide bonds. The van der Waals surface area contributed by atoms with E-state index in [9.17, 15) is 4.79 Å². The van der Waals surface area contributed by atoms with Gasteiger partial charge in [0.25, 0.3) is 0 Å². The number of aryl methyl sites for hydroxylation is 3. The number of carbonyl (C=O) groups excluding carboxylic acids is 1. The molecule has 3 N–H and O–H groups in total. The van der Waals surface area contributed by atoms with Crippen molar-refractivity contribution in [2.45, 2.75) is 39.5 Å². The summed E-state index contributed by atoms with van der Waals surface area (Å²) in [7, 11) is 1.60. The smallest absolute Gasteiger partial charge is 0.224 e. The van der Waals surface area contributed by atoms with Crippen molar-refractivity contribution in [3.05, 3.63) is 58.7 Å². The summed E-state index contributed by atoms with van der Waals surface area (Å²) in [4.78, 5) is 12.2. The fraction of sp³-hybridized carbons (Fsp3) is 0.435. The van der Waals surface area contributed by atoms with Crippen LogP contribution in [0.2, 0.25) is 0 Å². The predicted octanol–water partition coefficient (Wildman–Crippen LogP) is 3.33. The minimum Gasteiger partial charge on any atom is -0.493 e. The molecule has 0 aromatic heterocycles. The molecule has 0 saturated heterocycles. The molecule has 0 radical (unpaired) electrons. The van der Waals surface area contributed by atoms with Gasteiger partial charge in [0.1, 0.15) is 0 Å². The Kier molecular flexibility index (Phi) is 8.82. The molecule has 5 nitrogen and oxygen atoms in total. The fourth-order valence-corrected chi connectivity index (χ4v) is 2.93. The Balaban J connectivity index is 1.78. The van der Waals surface area contributed by atoms with E-state index >= 15 is 0 Å². The summed E-state index contributed by atoms with van der Waals surface area (Å²) < 4.78 is 11.0. The molecule has 2 aromatic carbocycles. The van der Waals surface area contributed by atoms with Crippen LogP contribution < -0.4 is 20.5 Å². The largest absolute Gasteiger partial charge is 0.493 e. The number of ether oxygens (including phenoxy) is 2. The minimum atomic E-state index is 0.0129. The highest BCUT2D eigenvalue weighted by Crippen LogP contribution is 2.28. The molecule has 0 aliphatic heterocycles. The van der Waals surface area contributed by atoms with E-state index in [0.29, 0.717) is 37.6 Å². The molecule has 2 rings (SSSR count). The van der Waals surface area contributed by atoms with E-state index in [1.54, 1.807) is 7.11 Å². The van der Waals surface area contributed by atoms with Gasteiger partial charge in [0, 0.05) is 6.54 Å². The van der Waals surface area contributed by atoms with Crippen LogP contribution >= 0.6 is 0 Å². The molecular formula is C23H32N2O3. The normalized spacial score (nSPS) is 10.6. The van der Waals surface area contributed by atoms with Gasteiger partial charge in [0.05, 0.1) is 20.1 Å². The molecule has 0 atom stereocenters. The third-order valence-electron chi connectivity index (χ3n) is 4.73. The van der Waals surface area contributed by atoms with E-state index in [0.717, 1.165) is 24.8 Å². The first-order valence-corrected chi connectivity index (χ1v) is 9.86. The first-order valence-electron chi connectivity index (χ1n) is 9.86. The standard InChI is InChI=1S/C23H32N2O3/c1-17-7-8-19(14-18(17)2)6-4-12-25-23(26)16-20-9-10-21(22(15-20)27-3)28-13-5-11-24/h7-10,14-15H,4-6,11-13,16,24H2,1-3H3,(H,25,26). The van der Waals surface area contributed by atoms with Gasteiger partial charge in [-0.15, -0.1) is 0 Å². The first kappa shape index (κ1) is 21.8. The number of amides is 1. The predicted molar refractivity (Wildman–Crippen MR) is 113 cm³/mol. The van der Waals surface area contributed by atoms with Gasteiger partial charge >= 0.3 is 0 Å². The van der Waals surface area contributed by atoms with Gasteiger partial charge in [-0.25, -0.2) is 0 Å². The maximum Gasteiger partial charge on any atom is 0.224 e. The Hall–Kier alpha value is -2.53. The van der Waals surface area contributed by atoms with Gasteiger partial charge in [-0.05, 0) is 74.0 Å². The zero-order chi connectivity index (χ0) is 20.4. The Bertz CT molecular complexity index is 774. The summed E-state index contributed by atoms with van der Waals surface area (Å²) in [5, 5.41) is 3.00. The number of rotatable bonds is 11. The minimum absolute atomic E-state index is 0.0129. The second-order valence-corrected chi connectivity index (χ2v) is 7.02. The average molecular weight is 385 g/mol. The summed E-state index contributed by atoms with van der Waals surface area (Å²) in [6.07, 6.45) is 2.99. The van der Waals surface area contributed by atoms with Crippen LogP contribution in [0.5, 0.6) is 11.5 Å². The Labute approximate surface area is 168 Å². The maximum atomic E-state index is 12.2. The lowest BCUT2D eigenvalue weighted by Crippen LogP contribution is -2.26. The van der Waals surface area contributed by atoms with Crippen molar-refractivity contribution in [1.82, 2.24) is 5.32 Å². The van der Waals surface area contributed by atoms with E-state index in [1.165, 1.54) is 16.7 Å². The Morgan fingerprint density at radius 1 is 1.00 bits per heavy atom. The second kappa shape index (κ2) is 11.3. The number of nitrogens with two attached hydrogens (primary N) is 1. The monoisotopic (exact) mass is 384 g/mol. The average Bonchev–Trinajstić information content (AvgIpc) is 2.69. The number of methoxy groups -OCH3 is 1. The van der Waals surface area contributed by atoms with Crippen molar-refractivity contribution < 1.29 is 14.3 Å². The topological polar surface area (TPSA) is 73.6 Å². The number of benzene rings is 2. The Morgan fingerprint density at radius 3 is 2.50 bits per heavy atom. The molecule has 152 valence electrons. The van der Waals surface area contributed by atoms with Crippen molar-refractivity contribution >= 4 is 5.91 Å². The third-order valence-corrected chi connectivity index (χ3v) is 4.73. The number of carbonyl (C=O) groups is 1. The lowest BCUT2D eigenvalue weighted by molar-refractivity contribution is -0.120. The lowest BCUT2D eigenvalue weighted by Gasteiger charge is -2.12. The van der Waals surface area contributed by atoms with Gasteiger partial charge in [0.15, 0.2) is 11.5 Å². The maximum absolute atomic E-state index is 12.2. The van der Waals surface area contributed by atoms with E-state index in [4.69, 9.17) is 15.2 Å². The first-order chi connectivity index (χ1) is 13.5. The van der Waals surface area contributed by atoms with Gasteiger partial charge in [0.2, 0.25) is 5.91 Å². The summed E-state index contributed by atoms with van der Waals surface area (Å²) in [5.74, 6) is 1.32. The van der Waals surface area contributed by atoms with E-state index in [1.807, 2.05) is 18.2 Å². The molecule has 0 spiro atoms. The van der Waals surface area contributed by atoms with Crippen molar-refractivity contribution in [2.24, 2.45) is 5.73 Å². The van der Waals surface area contributed by atoms with Crippen LogP contribution in [0.15, 0.2) is 36.4 Å². The number of hydrogen-bond donors (Lipinski definition) is 2. The summed E-state index contributed by atoms with van der Waals surface area (Å²) in [6.45, 7) is 6.05. The highest BCUT2D eigenvalue weighted by Gasteiger charge is 2.09. The fourth-order valence-electron chi connectivity index (χ4n) is 2.93. The highest BCUT2D eigenvalue weighted by molar-refractivity contribution is 5.78. The van der Waals surface area contributed by atoms with Crippen molar-refractivity contribution in [3.8, 4) is 11.5 Å². The molecule has 0 unspecified atom stereocenters. The molecule has 0 bridgehead atoms. The Morgan fingerprint density at radius 2 is 1.79 bits per heavy atom. The van der Waals surface area contributed by atoms with Crippen LogP contribution in [0.1, 0.15) is 35.1 Å². The zero-order valence-corrected chi connectivity index (χ0v) is 17.2. The van der Waals surface area contributed by atoms with Gasteiger partial charge in [-0.1, -0.05) is 24.3 Å². The van der Waals surface area contributed by atoms with E-state index in [2.05, 4.69) is 37.4 Å². The van der Waals surface area contributed by atoms with Gasteiger partial charge in [-0.2, -0.15) is 0 Å². The van der Waals surface area contributed by atoms with Crippen molar-refractivity contribution in [3.63, 3.8) is 0 Å². The van der Waals surface area contributed by atoms with E-state index < -0.39 is 0 Å². The van der Waals surface area contributed by atoms with Crippen molar-refractivity contribution in [2.75, 3.05) is 26.8 Å². The number of nitrogens with one attached hydrogen (secondary N) is 1. The molecule has 28 heavy (non-hydrogen) atoms. The van der Waals surface area contributed by atoms with Crippen molar-refractivity contribution in [1.29, 1.82) is 0 Å². The third kappa shape index (κ3) is 6.89. The number of hydrogen-bond acceptors (Lipinski definition) is 4. The zero-order valence-electron chi connectivity index (χ0n) is 17.2. The lowest BCUT2D eigenvalue weighted by atomic mass is 10.0. The SMILES string of the molecule is COc1cc(CC(=O)NCCCc2ccc(C)c(C)c2)ccc1OCCCN. The molecule has 0 aliphatic carbocycles. The van der Waals surface area contributed by atoms with Crippen LogP contribution in [0.4, 0.5) is 0 Å². The molecule has 0 heterocycles. The van der Waals surface area contributed by atoms with Crippen LogP contribution in [-0.4, -0.2) is 32.7 Å². The van der Waals surface area contributed by atoms with E-state index in [-0.39, 0.29) is 5.91 Å². The highest BCUT2D eigenvalue weighted by atomic mass is 16.5. The van der Waals surface area contributed by atoms with Crippen LogP contribution in [0.3, 0.4) is 0 Å². The molecular weight excluding hydrogens is 352 g/mol. The molecule has 2 aromatic rings. The van der Waals surface area contributed by atoms with Crippen LogP contribution in [0, 0.1) is 13.8 Å². The molecule has 0 aliphatic rings. The van der Waals surface area contributed by atoms with Crippen LogP contribution in [0.25, 0.3) is 0 Å². The van der Waals surface area contributed by atoms with Gasteiger partial charge < -0.3 is 20.5 Å². The summed E-state index contributed by atoms with van der Waals surface area (Å²) in [6, 6.07) is 12.1. The second-order valence-electron chi connectivity index (χ2n) is 7.02. The summed E-state index contributed by atoms with van der Waals surface area (Å²) >= 11 is 0. The molecule has 0 saturated carbocycles. The van der Waals surface area contributed by atoms with Crippen LogP contribution in [-0.2, 0) is 17.6 Å². The summed E-state index contributed by atoms with van der Waals surface area (Å²) in [5.41, 5.74) is 10.3. The molecule has 0 fully saturated rings.